The fourth-order valence-corrected chi connectivity index (χ4v) is 9.25. The van der Waals surface area contributed by atoms with Gasteiger partial charge in [-0.3, -0.25) is 24.0 Å². The second kappa shape index (κ2) is 36.4. The molecule has 0 aliphatic carbocycles. The number of ether oxygens (including phenoxy) is 8. The first-order valence-electron chi connectivity index (χ1n) is 27.8. The molecule has 0 bridgehead atoms. The zero-order chi connectivity index (χ0) is 59.8. The monoisotopic (exact) mass is 1180 g/mol. The summed E-state index contributed by atoms with van der Waals surface area (Å²) >= 11 is 0. The van der Waals surface area contributed by atoms with Crippen LogP contribution in [-0.2, 0) is 61.9 Å². The number of hydrogen-bond donors (Lipinski definition) is 18. The van der Waals surface area contributed by atoms with Gasteiger partial charge in [-0.1, -0.05) is 12.8 Å². The summed E-state index contributed by atoms with van der Waals surface area (Å²) in [7, 11) is 0. The third kappa shape index (κ3) is 22.1. The number of aliphatic hydroxyl groups is 13. The van der Waals surface area contributed by atoms with Gasteiger partial charge in [0, 0.05) is 51.9 Å². The summed E-state index contributed by atoms with van der Waals surface area (Å²) in [6.07, 6.45) is -27.4. The molecule has 0 aromatic carbocycles. The first-order chi connectivity index (χ1) is 38.6. The highest BCUT2D eigenvalue weighted by Crippen LogP contribution is 2.31. The molecule has 81 heavy (non-hydrogen) atoms. The second-order valence-corrected chi connectivity index (χ2v) is 20.5. The van der Waals surface area contributed by atoms with Gasteiger partial charge in [0.1, 0.15) is 97.6 Å². The van der Waals surface area contributed by atoms with Gasteiger partial charge in [-0.25, -0.2) is 0 Å². The molecule has 21 atom stereocenters. The number of carbonyl (C=O) groups excluding carboxylic acids is 5. The lowest BCUT2D eigenvalue weighted by Gasteiger charge is -2.46. The molecular formula is C50H89N5O26. The molecule has 31 nitrogen and oxygen atoms in total. The Morgan fingerprint density at radius 2 is 0.901 bits per heavy atom. The Balaban J connectivity index is 1.28. The first-order valence-corrected chi connectivity index (χ1v) is 27.8. The van der Waals surface area contributed by atoms with Crippen LogP contribution in [0.5, 0.6) is 0 Å². The molecule has 31 heteroatoms. The zero-order valence-electron chi connectivity index (χ0n) is 45.8. The predicted octanol–water partition coefficient (Wildman–Crippen LogP) is -7.66. The number of unbranched alkanes of at least 4 members (excludes halogenated alkanes) is 5. The summed E-state index contributed by atoms with van der Waals surface area (Å²) < 4.78 is 44.4. The highest BCUT2D eigenvalue weighted by Gasteiger charge is 2.52. The van der Waals surface area contributed by atoms with Crippen LogP contribution in [0.4, 0.5) is 0 Å². The molecule has 4 fully saturated rings. The van der Waals surface area contributed by atoms with Crippen LogP contribution in [0.15, 0.2) is 0 Å². The second-order valence-electron chi connectivity index (χ2n) is 20.5. The predicted molar refractivity (Wildman–Crippen MR) is 273 cm³/mol. The van der Waals surface area contributed by atoms with Gasteiger partial charge in [-0.15, -0.1) is 0 Å². The van der Waals surface area contributed by atoms with E-state index in [1.807, 2.05) is 6.92 Å². The van der Waals surface area contributed by atoms with Crippen LogP contribution in [0, 0.1) is 0 Å². The molecule has 4 rings (SSSR count). The van der Waals surface area contributed by atoms with E-state index in [2.05, 4.69) is 26.6 Å². The number of aliphatic hydroxyl groups excluding tert-OH is 13. The lowest BCUT2D eigenvalue weighted by atomic mass is 9.96. The molecule has 4 saturated heterocycles. The topological polar surface area (TPSA) is 482 Å². The largest absolute Gasteiger partial charge is 0.394 e. The van der Waals surface area contributed by atoms with Crippen molar-refractivity contribution in [1.82, 2.24) is 26.6 Å². The molecule has 4 heterocycles. The van der Waals surface area contributed by atoms with Crippen LogP contribution in [0.25, 0.3) is 0 Å². The van der Waals surface area contributed by atoms with E-state index in [0.717, 1.165) is 0 Å². The summed E-state index contributed by atoms with van der Waals surface area (Å²) in [5.41, 5.74) is 0. The average molecular weight is 1180 g/mol. The van der Waals surface area contributed by atoms with E-state index < -0.39 is 161 Å². The van der Waals surface area contributed by atoms with Crippen molar-refractivity contribution in [3.63, 3.8) is 0 Å². The molecule has 18 N–H and O–H groups in total. The van der Waals surface area contributed by atoms with Gasteiger partial charge in [0.15, 0.2) is 25.2 Å². The lowest BCUT2D eigenvalue weighted by molar-refractivity contribution is -0.366. The molecule has 5 amide bonds. The summed E-state index contributed by atoms with van der Waals surface area (Å²) in [6.45, 7) is 1.23. The van der Waals surface area contributed by atoms with Gasteiger partial charge in [-0.05, 0) is 58.8 Å². The number of amides is 5. The van der Waals surface area contributed by atoms with Crippen molar-refractivity contribution in [2.75, 3.05) is 59.2 Å². The minimum absolute atomic E-state index is 0.0296. The molecule has 4 aliphatic heterocycles. The van der Waals surface area contributed by atoms with Crippen molar-refractivity contribution in [3.8, 4) is 0 Å². The Morgan fingerprint density at radius 3 is 1.47 bits per heavy atom. The van der Waals surface area contributed by atoms with Gasteiger partial charge in [0.25, 0.3) is 0 Å². The van der Waals surface area contributed by atoms with Crippen LogP contribution in [-0.4, -0.2) is 284 Å². The van der Waals surface area contributed by atoms with E-state index in [1.165, 1.54) is 6.92 Å². The maximum Gasteiger partial charge on any atom is 0.242 e. The van der Waals surface area contributed by atoms with Crippen molar-refractivity contribution in [1.29, 1.82) is 0 Å². The number of hydrogen-bond acceptors (Lipinski definition) is 26. The third-order valence-electron chi connectivity index (χ3n) is 14.1. The van der Waals surface area contributed by atoms with E-state index in [-0.39, 0.29) is 76.3 Å². The van der Waals surface area contributed by atoms with Crippen LogP contribution in [0.1, 0.15) is 97.3 Å². The van der Waals surface area contributed by atoms with Crippen molar-refractivity contribution in [2.45, 2.75) is 226 Å². The first kappa shape index (κ1) is 70.0. The van der Waals surface area contributed by atoms with Crippen LogP contribution >= 0.6 is 0 Å². The Bertz CT molecular complexity index is 1870. The van der Waals surface area contributed by atoms with Crippen molar-refractivity contribution in [3.05, 3.63) is 0 Å². The highest BCUT2D eigenvalue weighted by atomic mass is 16.8. The summed E-state index contributed by atoms with van der Waals surface area (Å²) in [4.78, 5) is 63.4. The van der Waals surface area contributed by atoms with Gasteiger partial charge in [0.05, 0.1) is 39.1 Å². The molecule has 0 spiro atoms. The van der Waals surface area contributed by atoms with Gasteiger partial charge >= 0.3 is 0 Å². The van der Waals surface area contributed by atoms with Crippen LogP contribution in [0.2, 0.25) is 0 Å². The van der Waals surface area contributed by atoms with Crippen LogP contribution < -0.4 is 26.6 Å². The van der Waals surface area contributed by atoms with Gasteiger partial charge in [0.2, 0.25) is 29.5 Å². The van der Waals surface area contributed by atoms with E-state index in [9.17, 15) is 90.4 Å². The molecule has 4 aliphatic rings. The number of rotatable bonds is 35. The maximum absolute atomic E-state index is 13.6. The minimum atomic E-state index is -1.97. The highest BCUT2D eigenvalue weighted by molar-refractivity contribution is 5.87. The normalized spacial score (nSPS) is 34.7. The van der Waals surface area contributed by atoms with E-state index in [4.69, 9.17) is 37.9 Å². The summed E-state index contributed by atoms with van der Waals surface area (Å²) in [5, 5.41) is 148. The Morgan fingerprint density at radius 1 is 0.444 bits per heavy atom. The standard InChI is InChI=1S/C50H89N5O26/c1-3-51-30(58)13-6-4-5-7-16-33(61)55-26(12-10-11-17-52-31(59)14-8-9-15-32(60)53-18-20-74-47-41(69)38(66)34(62)25(2)77-47)46(73)54-19-21-75-49-44(72)45(81-50-43(71)40(68)36(64)28(23-57)79-50)37(65)29(80-49)24-76-48-42(70)39(67)35(63)27(22-56)78-48/h25-29,34-45,47-50,56-57,62-72H,3-24H2,1-2H3,(H,51,58)(H,52,59)(H,53,60)(H,54,73)(H,55,61)/t25-,26-,27+,28+,29+,34+,35+,36+,37+,38+,39-,40-,41-,42-,43-,44-,45-,47+,48-,49-,50+/m0/s1. The Kier molecular flexibility index (Phi) is 31.4. The minimum Gasteiger partial charge on any atom is -0.394 e. The molecule has 0 saturated carbocycles. The SMILES string of the molecule is CCNC(=O)CCCCCCC(=O)N[C@@H](CCCCNC(=O)CCCCC(=O)NCCO[C@@H]1O[C@@H](C)[C@@H](O)[C@@H](O)[C@@H]1O)C(=O)NCCO[C@H]1O[C@H](CO[C@H]2O[C@H](CO)[C@@H](O)[C@H](O)[C@@H]2O)[C@@H](O)[C@H](O[C@H]2O[C@H](CO)[C@@H](O)[C@H](O)[C@@H]2O)[C@@H]1O. The molecule has 470 valence electrons. The Labute approximate surface area is 468 Å². The van der Waals surface area contributed by atoms with Crippen molar-refractivity contribution in [2.24, 2.45) is 0 Å². The van der Waals surface area contributed by atoms with Gasteiger partial charge in [-0.2, -0.15) is 0 Å². The lowest BCUT2D eigenvalue weighted by Crippen LogP contribution is -2.65. The van der Waals surface area contributed by atoms with Crippen molar-refractivity contribution >= 4 is 29.5 Å². The number of carbonyl (C=O) groups is 5. The van der Waals surface area contributed by atoms with E-state index in [0.29, 0.717) is 64.3 Å². The van der Waals surface area contributed by atoms with Crippen LogP contribution in [0.3, 0.4) is 0 Å². The molecule has 0 radical (unpaired) electrons. The number of nitrogens with one attached hydrogen (secondary N) is 5. The Hall–Kier alpha value is -3.49. The fraction of sp³-hybridized carbons (Fsp3) is 0.900. The quantitative estimate of drug-likeness (QED) is 0.0262. The molecule has 0 unspecified atom stereocenters. The average Bonchev–Trinajstić information content (AvgIpc) is 3.54. The zero-order valence-corrected chi connectivity index (χ0v) is 45.8. The maximum atomic E-state index is 13.6. The summed E-state index contributed by atoms with van der Waals surface area (Å²) in [5.74, 6) is -1.63. The molecule has 0 aromatic heterocycles. The van der Waals surface area contributed by atoms with Gasteiger partial charge < -0.3 is 131 Å². The van der Waals surface area contributed by atoms with E-state index >= 15 is 0 Å². The summed E-state index contributed by atoms with van der Waals surface area (Å²) in [6, 6.07) is -1.05. The molecule has 0 aromatic rings. The molecular weight excluding hydrogens is 1090 g/mol. The van der Waals surface area contributed by atoms with Crippen molar-refractivity contribution < 1.29 is 128 Å². The third-order valence-corrected chi connectivity index (χ3v) is 14.1. The fourth-order valence-electron chi connectivity index (χ4n) is 9.25. The van der Waals surface area contributed by atoms with E-state index in [1.54, 1.807) is 0 Å². The smallest absolute Gasteiger partial charge is 0.242 e.